The van der Waals surface area contributed by atoms with Crippen LogP contribution in [0.5, 0.6) is 0 Å². The van der Waals surface area contributed by atoms with Crippen molar-refractivity contribution in [2.45, 2.75) is 48.7 Å². The summed E-state index contributed by atoms with van der Waals surface area (Å²) in [6.07, 6.45) is 2.93. The molecule has 110 valence electrons. The fourth-order valence-electron chi connectivity index (χ4n) is 3.36. The van der Waals surface area contributed by atoms with Crippen molar-refractivity contribution in [1.29, 1.82) is 0 Å². The third-order valence-corrected chi connectivity index (χ3v) is 6.64. The first kappa shape index (κ1) is 14.3. The highest BCUT2D eigenvalue weighted by molar-refractivity contribution is 7.89. The third kappa shape index (κ3) is 2.24. The second-order valence-electron chi connectivity index (χ2n) is 5.53. The number of halogens is 2. The highest BCUT2D eigenvalue weighted by Crippen LogP contribution is 2.40. The van der Waals surface area contributed by atoms with Gasteiger partial charge in [0.25, 0.3) is 0 Å². The Morgan fingerprint density at radius 3 is 2.45 bits per heavy atom. The van der Waals surface area contributed by atoms with E-state index in [9.17, 15) is 12.8 Å². The molecule has 0 aliphatic carbocycles. The number of sulfonamides is 1. The zero-order valence-electron chi connectivity index (χ0n) is 10.8. The normalized spacial score (nSPS) is 30.6. The van der Waals surface area contributed by atoms with Crippen molar-refractivity contribution < 1.29 is 12.8 Å². The summed E-state index contributed by atoms with van der Waals surface area (Å²) < 4.78 is 40.4. The molecule has 0 amide bonds. The summed E-state index contributed by atoms with van der Waals surface area (Å²) >= 11 is 5.95. The van der Waals surface area contributed by atoms with Crippen LogP contribution in [0.4, 0.5) is 4.39 Å². The van der Waals surface area contributed by atoms with Gasteiger partial charge in [0.05, 0.1) is 5.02 Å². The molecule has 20 heavy (non-hydrogen) atoms. The molecule has 7 heteroatoms. The highest BCUT2D eigenvalue weighted by atomic mass is 35.5. The predicted molar refractivity (Wildman–Crippen MR) is 74.5 cm³/mol. The lowest BCUT2D eigenvalue weighted by molar-refractivity contribution is 0.227. The summed E-state index contributed by atoms with van der Waals surface area (Å²) in [6.45, 7) is 0. The van der Waals surface area contributed by atoms with E-state index < -0.39 is 15.8 Å². The molecule has 3 rings (SSSR count). The van der Waals surface area contributed by atoms with Gasteiger partial charge in [0.2, 0.25) is 10.0 Å². The van der Waals surface area contributed by atoms with Gasteiger partial charge in [0.1, 0.15) is 10.7 Å². The second kappa shape index (κ2) is 4.94. The number of nitrogens with two attached hydrogens (primary N) is 1. The molecule has 2 heterocycles. The van der Waals surface area contributed by atoms with Crippen LogP contribution in [0.3, 0.4) is 0 Å². The van der Waals surface area contributed by atoms with Crippen LogP contribution in [0, 0.1) is 5.82 Å². The lowest BCUT2D eigenvalue weighted by atomic mass is 10.0. The van der Waals surface area contributed by atoms with Gasteiger partial charge in [-0.05, 0) is 43.9 Å². The molecule has 0 aromatic heterocycles. The van der Waals surface area contributed by atoms with Crippen molar-refractivity contribution in [3.8, 4) is 0 Å². The molecule has 2 saturated heterocycles. The van der Waals surface area contributed by atoms with Gasteiger partial charge in [-0.3, -0.25) is 0 Å². The molecule has 4 nitrogen and oxygen atoms in total. The number of fused-ring (bicyclic) bond motifs is 2. The van der Waals surface area contributed by atoms with Crippen molar-refractivity contribution in [3.05, 3.63) is 29.0 Å². The van der Waals surface area contributed by atoms with Crippen molar-refractivity contribution >= 4 is 21.6 Å². The molecule has 2 aliphatic heterocycles. The summed E-state index contributed by atoms with van der Waals surface area (Å²) in [5.41, 5.74) is 5.95. The van der Waals surface area contributed by atoms with Gasteiger partial charge in [-0.2, -0.15) is 4.31 Å². The largest absolute Gasteiger partial charge is 0.328 e. The minimum absolute atomic E-state index is 0.0435. The van der Waals surface area contributed by atoms with E-state index in [0.717, 1.165) is 25.0 Å². The topological polar surface area (TPSA) is 63.4 Å². The Labute approximate surface area is 122 Å². The summed E-state index contributed by atoms with van der Waals surface area (Å²) in [5, 5.41) is 0.0562. The van der Waals surface area contributed by atoms with Crippen molar-refractivity contribution in [1.82, 2.24) is 4.31 Å². The smallest absolute Gasteiger partial charge is 0.245 e. The Hall–Kier alpha value is -0.690. The van der Waals surface area contributed by atoms with Crippen molar-refractivity contribution in [2.75, 3.05) is 0 Å². The molecule has 0 spiro atoms. The molecule has 2 bridgehead atoms. The zero-order valence-corrected chi connectivity index (χ0v) is 12.4. The minimum Gasteiger partial charge on any atom is -0.328 e. The summed E-state index contributed by atoms with van der Waals surface area (Å²) in [4.78, 5) is -0.147. The van der Waals surface area contributed by atoms with Crippen molar-refractivity contribution in [2.24, 2.45) is 5.73 Å². The van der Waals surface area contributed by atoms with Gasteiger partial charge < -0.3 is 5.73 Å². The first-order chi connectivity index (χ1) is 9.39. The Bertz CT molecular complexity index is 623. The lowest BCUT2D eigenvalue weighted by Gasteiger charge is -2.36. The maximum atomic E-state index is 13.4. The van der Waals surface area contributed by atoms with Gasteiger partial charge in [-0.1, -0.05) is 11.6 Å². The average Bonchev–Trinajstić information content (AvgIpc) is 2.66. The first-order valence-corrected chi connectivity index (χ1v) is 8.45. The molecule has 0 saturated carbocycles. The fourth-order valence-corrected chi connectivity index (χ4v) is 5.74. The molecule has 2 N–H and O–H groups in total. The van der Waals surface area contributed by atoms with Crippen LogP contribution in [0.1, 0.15) is 25.7 Å². The first-order valence-electron chi connectivity index (χ1n) is 6.64. The van der Waals surface area contributed by atoms with Gasteiger partial charge >= 0.3 is 0 Å². The Balaban J connectivity index is 2.03. The summed E-state index contributed by atoms with van der Waals surface area (Å²) in [6, 6.07) is 3.29. The van der Waals surface area contributed by atoms with Crippen LogP contribution < -0.4 is 5.73 Å². The minimum atomic E-state index is -3.77. The van der Waals surface area contributed by atoms with Gasteiger partial charge in [0, 0.05) is 18.1 Å². The van der Waals surface area contributed by atoms with Crippen LogP contribution in [0.2, 0.25) is 5.02 Å². The Kier molecular flexibility index (Phi) is 3.52. The van der Waals surface area contributed by atoms with E-state index in [1.165, 1.54) is 10.4 Å². The van der Waals surface area contributed by atoms with Gasteiger partial charge in [-0.25, -0.2) is 12.8 Å². The fraction of sp³-hybridized carbons (Fsp3) is 0.538. The van der Waals surface area contributed by atoms with E-state index in [0.29, 0.717) is 12.8 Å². The molecule has 2 fully saturated rings. The SMILES string of the molecule is NC1CC2CCC(C1)N2S(=O)(=O)c1cc(F)ccc1Cl. The van der Waals surface area contributed by atoms with E-state index in [-0.39, 0.29) is 28.0 Å². The molecule has 1 aromatic carbocycles. The van der Waals surface area contributed by atoms with E-state index in [1.807, 2.05) is 0 Å². The monoisotopic (exact) mass is 318 g/mol. The van der Waals surface area contributed by atoms with E-state index in [1.54, 1.807) is 0 Å². The van der Waals surface area contributed by atoms with Crippen LogP contribution >= 0.6 is 11.6 Å². The number of hydrogen-bond donors (Lipinski definition) is 1. The number of piperidine rings is 1. The summed E-state index contributed by atoms with van der Waals surface area (Å²) in [7, 11) is -3.77. The van der Waals surface area contributed by atoms with E-state index in [4.69, 9.17) is 17.3 Å². The quantitative estimate of drug-likeness (QED) is 0.908. The number of benzene rings is 1. The summed E-state index contributed by atoms with van der Waals surface area (Å²) in [5.74, 6) is -0.603. The Morgan fingerprint density at radius 2 is 1.85 bits per heavy atom. The molecule has 1 aromatic rings. The number of hydrogen-bond acceptors (Lipinski definition) is 3. The lowest BCUT2D eigenvalue weighted by Crippen LogP contribution is -2.50. The molecule has 0 radical (unpaired) electrons. The van der Waals surface area contributed by atoms with Crippen LogP contribution in [-0.4, -0.2) is 30.8 Å². The molecule has 2 aliphatic rings. The maximum Gasteiger partial charge on any atom is 0.245 e. The number of nitrogens with zero attached hydrogens (tertiary/aromatic N) is 1. The van der Waals surface area contributed by atoms with Crippen LogP contribution in [0.25, 0.3) is 0 Å². The molecular weight excluding hydrogens is 303 g/mol. The van der Waals surface area contributed by atoms with E-state index >= 15 is 0 Å². The standard InChI is InChI=1S/C13H16ClFN2O2S/c14-12-4-1-8(15)5-13(12)20(18,19)17-10-2-3-11(17)7-9(16)6-10/h1,4-5,9-11H,2-3,6-7,16H2. The van der Waals surface area contributed by atoms with Gasteiger partial charge in [0.15, 0.2) is 0 Å². The zero-order chi connectivity index (χ0) is 14.5. The predicted octanol–water partition coefficient (Wildman–Crippen LogP) is 2.12. The molecule has 2 atom stereocenters. The van der Waals surface area contributed by atoms with Crippen LogP contribution in [-0.2, 0) is 10.0 Å². The van der Waals surface area contributed by atoms with Crippen molar-refractivity contribution in [3.63, 3.8) is 0 Å². The highest BCUT2D eigenvalue weighted by Gasteiger charge is 2.46. The van der Waals surface area contributed by atoms with Crippen LogP contribution in [0.15, 0.2) is 23.1 Å². The van der Waals surface area contributed by atoms with Gasteiger partial charge in [-0.15, -0.1) is 0 Å². The number of rotatable bonds is 2. The van der Waals surface area contributed by atoms with E-state index in [2.05, 4.69) is 0 Å². The Morgan fingerprint density at radius 1 is 1.25 bits per heavy atom. The molecule has 2 unspecified atom stereocenters. The average molecular weight is 319 g/mol. The third-order valence-electron chi connectivity index (χ3n) is 4.15. The maximum absolute atomic E-state index is 13.4. The molecular formula is C13H16ClFN2O2S. The second-order valence-corrected chi connectivity index (χ2v) is 7.74.